The van der Waals surface area contributed by atoms with Crippen molar-refractivity contribution in [2.24, 2.45) is 5.41 Å². The van der Waals surface area contributed by atoms with E-state index in [2.05, 4.69) is 47.2 Å². The standard InChI is InChI=1S/C31H40N4O3/c1-30(2)19-26-22(4-3-5-27(26)38-30)21-34-14-9-31(10-15-34)11-16-35(17-12-31)29(37)25-8-13-32-20-23(25)18-28(36)33-24-6-7-24/h3-5,8,13,20,24H,6-7,9-12,14-19,21H2,1-2H3,(H,33,36). The Kier molecular flexibility index (Phi) is 6.67. The van der Waals surface area contributed by atoms with Gasteiger partial charge in [-0.2, -0.15) is 0 Å². The van der Waals surface area contributed by atoms with E-state index >= 15 is 0 Å². The first kappa shape index (κ1) is 25.4. The van der Waals surface area contributed by atoms with E-state index in [-0.39, 0.29) is 23.8 Å². The summed E-state index contributed by atoms with van der Waals surface area (Å²) >= 11 is 0. The summed E-state index contributed by atoms with van der Waals surface area (Å²) in [5.41, 5.74) is 4.36. The Labute approximate surface area is 225 Å². The van der Waals surface area contributed by atoms with Crippen LogP contribution in [-0.4, -0.2) is 64.4 Å². The van der Waals surface area contributed by atoms with E-state index in [1.165, 1.54) is 24.0 Å². The van der Waals surface area contributed by atoms with Gasteiger partial charge in [0, 0.05) is 55.6 Å². The van der Waals surface area contributed by atoms with E-state index in [0.29, 0.717) is 17.0 Å². The monoisotopic (exact) mass is 516 g/mol. The summed E-state index contributed by atoms with van der Waals surface area (Å²) < 4.78 is 6.15. The molecule has 0 unspecified atom stereocenters. The lowest BCUT2D eigenvalue weighted by Crippen LogP contribution is -2.48. The van der Waals surface area contributed by atoms with Crippen molar-refractivity contribution >= 4 is 11.8 Å². The Morgan fingerprint density at radius 1 is 1.03 bits per heavy atom. The van der Waals surface area contributed by atoms with Crippen molar-refractivity contribution in [1.82, 2.24) is 20.1 Å². The predicted molar refractivity (Wildman–Crippen MR) is 146 cm³/mol. The highest BCUT2D eigenvalue weighted by atomic mass is 16.5. The maximum absolute atomic E-state index is 13.4. The van der Waals surface area contributed by atoms with E-state index in [4.69, 9.17) is 4.74 Å². The fourth-order valence-electron chi connectivity index (χ4n) is 6.55. The van der Waals surface area contributed by atoms with Gasteiger partial charge in [0.05, 0.1) is 6.42 Å². The van der Waals surface area contributed by atoms with Crippen LogP contribution in [0.1, 0.15) is 79.4 Å². The average Bonchev–Trinajstić information content (AvgIpc) is 3.65. The van der Waals surface area contributed by atoms with Crippen molar-refractivity contribution in [2.75, 3.05) is 26.2 Å². The summed E-state index contributed by atoms with van der Waals surface area (Å²) in [6, 6.07) is 8.59. The summed E-state index contributed by atoms with van der Waals surface area (Å²) in [6.07, 6.45) is 11.1. The number of nitrogens with one attached hydrogen (secondary N) is 1. The van der Waals surface area contributed by atoms with Gasteiger partial charge in [-0.05, 0) is 94.1 Å². The molecule has 7 heteroatoms. The van der Waals surface area contributed by atoms with Gasteiger partial charge < -0.3 is 15.0 Å². The van der Waals surface area contributed by atoms with Crippen LogP contribution in [0.5, 0.6) is 5.75 Å². The maximum atomic E-state index is 13.4. The van der Waals surface area contributed by atoms with Crippen LogP contribution < -0.4 is 10.1 Å². The Morgan fingerprint density at radius 2 is 1.76 bits per heavy atom. The number of benzene rings is 1. The Hall–Kier alpha value is -2.93. The third-order valence-electron chi connectivity index (χ3n) is 9.07. The molecule has 1 aromatic heterocycles. The molecule has 1 saturated carbocycles. The second-order valence-electron chi connectivity index (χ2n) is 12.6. The molecule has 0 radical (unpaired) electrons. The molecule has 4 aliphatic rings. The zero-order valence-corrected chi connectivity index (χ0v) is 22.8. The molecule has 7 nitrogen and oxygen atoms in total. The third-order valence-corrected chi connectivity index (χ3v) is 9.07. The van der Waals surface area contributed by atoms with Crippen molar-refractivity contribution in [3.8, 4) is 5.75 Å². The molecule has 202 valence electrons. The third kappa shape index (κ3) is 5.44. The zero-order chi connectivity index (χ0) is 26.3. The largest absolute Gasteiger partial charge is 0.487 e. The summed E-state index contributed by atoms with van der Waals surface area (Å²) in [6.45, 7) is 9.10. The molecule has 6 rings (SSSR count). The molecule has 2 aromatic rings. The Morgan fingerprint density at radius 3 is 2.50 bits per heavy atom. The quantitative estimate of drug-likeness (QED) is 0.625. The van der Waals surface area contributed by atoms with E-state index in [1.807, 2.05) is 4.90 Å². The van der Waals surface area contributed by atoms with Crippen LogP contribution >= 0.6 is 0 Å². The van der Waals surface area contributed by atoms with E-state index < -0.39 is 0 Å². The van der Waals surface area contributed by atoms with Crippen molar-refractivity contribution in [2.45, 2.75) is 83.4 Å². The molecule has 1 aromatic carbocycles. The lowest BCUT2D eigenvalue weighted by molar-refractivity contribution is -0.120. The second-order valence-corrected chi connectivity index (χ2v) is 12.6. The first-order chi connectivity index (χ1) is 18.3. The van der Waals surface area contributed by atoms with Gasteiger partial charge in [0.2, 0.25) is 5.91 Å². The van der Waals surface area contributed by atoms with Gasteiger partial charge in [-0.3, -0.25) is 19.5 Å². The van der Waals surface area contributed by atoms with Crippen LogP contribution in [0.2, 0.25) is 0 Å². The zero-order valence-electron chi connectivity index (χ0n) is 22.8. The molecular weight excluding hydrogens is 476 g/mol. The fourth-order valence-corrected chi connectivity index (χ4v) is 6.55. The van der Waals surface area contributed by atoms with E-state index in [9.17, 15) is 9.59 Å². The fraction of sp³-hybridized carbons (Fsp3) is 0.581. The van der Waals surface area contributed by atoms with Gasteiger partial charge in [0.15, 0.2) is 0 Å². The number of carbonyl (C=O) groups excluding carboxylic acids is 2. The molecule has 1 spiro atoms. The van der Waals surface area contributed by atoms with Crippen LogP contribution in [0.3, 0.4) is 0 Å². The van der Waals surface area contributed by atoms with Crippen molar-refractivity contribution in [1.29, 1.82) is 0 Å². The minimum Gasteiger partial charge on any atom is -0.487 e. The first-order valence-electron chi connectivity index (χ1n) is 14.3. The summed E-state index contributed by atoms with van der Waals surface area (Å²) in [5.74, 6) is 1.08. The molecule has 4 heterocycles. The predicted octanol–water partition coefficient (Wildman–Crippen LogP) is 4.13. The number of rotatable bonds is 6. The summed E-state index contributed by atoms with van der Waals surface area (Å²) in [4.78, 5) is 34.6. The molecule has 0 atom stereocenters. The normalized spacial score (nSPS) is 22.1. The van der Waals surface area contributed by atoms with E-state index in [0.717, 1.165) is 76.1 Å². The molecule has 1 N–H and O–H groups in total. The highest BCUT2D eigenvalue weighted by molar-refractivity contribution is 5.97. The molecule has 1 aliphatic carbocycles. The SMILES string of the molecule is CC1(C)Cc2c(CN3CCC4(CC3)CCN(C(=O)c3ccncc3CC(=O)NC3CC3)CC4)cccc2O1. The number of hydrogen-bond acceptors (Lipinski definition) is 5. The number of pyridine rings is 1. The lowest BCUT2D eigenvalue weighted by atomic mass is 9.71. The van der Waals surface area contributed by atoms with Crippen LogP contribution in [0.15, 0.2) is 36.7 Å². The van der Waals surface area contributed by atoms with Crippen LogP contribution in [0.25, 0.3) is 0 Å². The maximum Gasteiger partial charge on any atom is 0.254 e. The van der Waals surface area contributed by atoms with Gasteiger partial charge in [0.25, 0.3) is 5.91 Å². The van der Waals surface area contributed by atoms with Crippen molar-refractivity contribution in [3.05, 3.63) is 58.9 Å². The number of likely N-dealkylation sites (tertiary alicyclic amines) is 2. The first-order valence-corrected chi connectivity index (χ1v) is 14.3. The smallest absolute Gasteiger partial charge is 0.254 e. The molecular formula is C31H40N4O3. The Balaban J connectivity index is 1.03. The highest BCUT2D eigenvalue weighted by Gasteiger charge is 2.39. The average molecular weight is 517 g/mol. The van der Waals surface area contributed by atoms with E-state index in [1.54, 1.807) is 18.5 Å². The minimum atomic E-state index is -0.115. The number of aromatic nitrogens is 1. The van der Waals surface area contributed by atoms with Crippen molar-refractivity contribution in [3.63, 3.8) is 0 Å². The number of fused-ring (bicyclic) bond motifs is 1. The van der Waals surface area contributed by atoms with Gasteiger partial charge >= 0.3 is 0 Å². The van der Waals surface area contributed by atoms with Crippen LogP contribution in [-0.2, 0) is 24.2 Å². The number of ether oxygens (including phenoxy) is 1. The molecule has 2 amide bonds. The van der Waals surface area contributed by atoms with Crippen molar-refractivity contribution < 1.29 is 14.3 Å². The van der Waals surface area contributed by atoms with Crippen LogP contribution in [0, 0.1) is 5.41 Å². The van der Waals surface area contributed by atoms with Gasteiger partial charge in [-0.25, -0.2) is 0 Å². The second kappa shape index (κ2) is 9.99. The summed E-state index contributed by atoms with van der Waals surface area (Å²) in [7, 11) is 0. The molecule has 3 fully saturated rings. The Bertz CT molecular complexity index is 1200. The number of nitrogens with zero attached hydrogens (tertiary/aromatic N) is 3. The molecule has 2 saturated heterocycles. The summed E-state index contributed by atoms with van der Waals surface area (Å²) in [5, 5.41) is 3.02. The molecule has 3 aliphatic heterocycles. The number of amides is 2. The molecule has 0 bridgehead atoms. The highest BCUT2D eigenvalue weighted by Crippen LogP contribution is 2.43. The topological polar surface area (TPSA) is 74.8 Å². The van der Waals surface area contributed by atoms with Gasteiger partial charge in [-0.1, -0.05) is 12.1 Å². The van der Waals surface area contributed by atoms with Gasteiger partial charge in [0.1, 0.15) is 11.4 Å². The molecule has 38 heavy (non-hydrogen) atoms. The number of hydrogen-bond donors (Lipinski definition) is 1. The van der Waals surface area contributed by atoms with Crippen LogP contribution in [0.4, 0.5) is 0 Å². The van der Waals surface area contributed by atoms with Gasteiger partial charge in [-0.15, -0.1) is 0 Å². The number of piperidine rings is 2. The lowest BCUT2D eigenvalue weighted by Gasteiger charge is -2.47. The minimum absolute atomic E-state index is 0.0180. The number of carbonyl (C=O) groups is 2.